The van der Waals surface area contributed by atoms with Crippen LogP contribution in [0.3, 0.4) is 0 Å². The van der Waals surface area contributed by atoms with Crippen molar-refractivity contribution in [3.63, 3.8) is 0 Å². The molecule has 1 aromatic carbocycles. The zero-order chi connectivity index (χ0) is 11.3. The minimum absolute atomic E-state index is 0.0863. The van der Waals surface area contributed by atoms with Crippen molar-refractivity contribution in [2.24, 2.45) is 16.5 Å². The lowest BCUT2D eigenvalue weighted by molar-refractivity contribution is 0.474. The lowest BCUT2D eigenvalue weighted by Crippen LogP contribution is -2.23. The zero-order valence-corrected chi connectivity index (χ0v) is 10.4. The minimum atomic E-state index is 0.0863. The van der Waals surface area contributed by atoms with Gasteiger partial charge in [0.25, 0.3) is 0 Å². The van der Waals surface area contributed by atoms with Crippen molar-refractivity contribution in [2.45, 2.75) is 11.3 Å². The molecule has 0 aliphatic rings. The van der Waals surface area contributed by atoms with Crippen LogP contribution in [0.1, 0.15) is 5.56 Å². The standard InChI is InChI=1S/C9H12BrN3OS/c10-15-8-2-1-7(14)5-6(8)3-4-13-9(11)12/h1-2,5,14H,3-4H2,(H4,11,12,13). The van der Waals surface area contributed by atoms with Crippen LogP contribution in [-0.4, -0.2) is 17.6 Å². The number of nitrogens with two attached hydrogens (primary N) is 2. The first-order valence-corrected chi connectivity index (χ1v) is 6.95. The number of aromatic hydroxyl groups is 1. The van der Waals surface area contributed by atoms with Crippen LogP contribution < -0.4 is 11.5 Å². The monoisotopic (exact) mass is 289 g/mol. The first-order chi connectivity index (χ1) is 7.13. The number of halogens is 1. The first kappa shape index (κ1) is 12.2. The number of hydrogen-bond donors (Lipinski definition) is 3. The van der Waals surface area contributed by atoms with E-state index in [0.29, 0.717) is 13.0 Å². The number of phenols is 1. The Bertz CT molecular complexity index is 366. The van der Waals surface area contributed by atoms with Gasteiger partial charge in [-0.15, -0.1) is 0 Å². The molecule has 6 heteroatoms. The molecule has 0 saturated carbocycles. The van der Waals surface area contributed by atoms with E-state index in [2.05, 4.69) is 19.8 Å². The maximum absolute atomic E-state index is 9.33. The van der Waals surface area contributed by atoms with E-state index in [-0.39, 0.29) is 11.7 Å². The van der Waals surface area contributed by atoms with Gasteiger partial charge >= 0.3 is 0 Å². The molecule has 0 radical (unpaired) electrons. The van der Waals surface area contributed by atoms with Crippen LogP contribution in [0.15, 0.2) is 28.1 Å². The van der Waals surface area contributed by atoms with Gasteiger partial charge in [0, 0.05) is 11.4 Å². The van der Waals surface area contributed by atoms with Crippen molar-refractivity contribution in [1.82, 2.24) is 0 Å². The van der Waals surface area contributed by atoms with Gasteiger partial charge in [-0.1, -0.05) is 0 Å². The Labute approximate surface area is 100.0 Å². The molecule has 0 fully saturated rings. The van der Waals surface area contributed by atoms with E-state index in [1.54, 1.807) is 12.1 Å². The number of aliphatic imine (C=N–C) groups is 1. The molecule has 0 atom stereocenters. The average Bonchev–Trinajstić information content (AvgIpc) is 2.17. The Kier molecular flexibility index (Phi) is 4.77. The van der Waals surface area contributed by atoms with E-state index in [9.17, 15) is 5.11 Å². The van der Waals surface area contributed by atoms with Crippen LogP contribution in [0.4, 0.5) is 0 Å². The molecule has 5 N–H and O–H groups in total. The summed E-state index contributed by atoms with van der Waals surface area (Å²) in [5.74, 6) is 0.336. The van der Waals surface area contributed by atoms with Gasteiger partial charge in [-0.2, -0.15) is 0 Å². The maximum Gasteiger partial charge on any atom is 0.185 e. The number of hydrogen-bond acceptors (Lipinski definition) is 3. The molecule has 0 aliphatic heterocycles. The van der Waals surface area contributed by atoms with Crippen LogP contribution in [0.25, 0.3) is 0 Å². The first-order valence-electron chi connectivity index (χ1n) is 4.29. The number of guanidine groups is 1. The Hall–Kier alpha value is -0.880. The SMILES string of the molecule is NC(N)=NCCc1cc(O)ccc1SBr. The van der Waals surface area contributed by atoms with Gasteiger partial charge < -0.3 is 16.6 Å². The van der Waals surface area contributed by atoms with Gasteiger partial charge in [0.05, 0.1) is 0 Å². The van der Waals surface area contributed by atoms with Crippen LogP contribution in [0.5, 0.6) is 5.75 Å². The van der Waals surface area contributed by atoms with E-state index < -0.39 is 0 Å². The summed E-state index contributed by atoms with van der Waals surface area (Å²) in [4.78, 5) is 4.95. The van der Waals surface area contributed by atoms with Gasteiger partial charge in [-0.25, -0.2) is 0 Å². The number of nitrogens with zero attached hydrogens (tertiary/aromatic N) is 1. The highest BCUT2D eigenvalue weighted by Crippen LogP contribution is 2.30. The lowest BCUT2D eigenvalue weighted by atomic mass is 10.1. The van der Waals surface area contributed by atoms with Crippen molar-refractivity contribution >= 4 is 31.0 Å². The molecule has 0 unspecified atom stereocenters. The van der Waals surface area contributed by atoms with Gasteiger partial charge in [-0.05, 0) is 55.2 Å². The Morgan fingerprint density at radius 1 is 1.47 bits per heavy atom. The minimum Gasteiger partial charge on any atom is -0.508 e. The second kappa shape index (κ2) is 5.87. The second-order valence-electron chi connectivity index (χ2n) is 2.93. The van der Waals surface area contributed by atoms with Crippen LogP contribution >= 0.6 is 25.0 Å². The summed E-state index contributed by atoms with van der Waals surface area (Å²) in [5.41, 5.74) is 11.5. The summed E-state index contributed by atoms with van der Waals surface area (Å²) in [7, 11) is 1.45. The number of benzene rings is 1. The summed E-state index contributed by atoms with van der Waals surface area (Å²) in [6, 6.07) is 5.21. The van der Waals surface area contributed by atoms with Crippen LogP contribution in [-0.2, 0) is 6.42 Å². The molecule has 15 heavy (non-hydrogen) atoms. The van der Waals surface area contributed by atoms with E-state index >= 15 is 0 Å². The van der Waals surface area contributed by atoms with Crippen LogP contribution in [0.2, 0.25) is 0 Å². The quantitative estimate of drug-likeness (QED) is 0.581. The van der Waals surface area contributed by atoms with Crippen molar-refractivity contribution in [1.29, 1.82) is 0 Å². The molecule has 0 spiro atoms. The van der Waals surface area contributed by atoms with Crippen molar-refractivity contribution in [2.75, 3.05) is 6.54 Å². The Morgan fingerprint density at radius 2 is 2.20 bits per heavy atom. The zero-order valence-electron chi connectivity index (χ0n) is 7.98. The van der Waals surface area contributed by atoms with E-state index in [0.717, 1.165) is 10.5 Å². The smallest absolute Gasteiger partial charge is 0.185 e. The second-order valence-corrected chi connectivity index (χ2v) is 4.49. The summed E-state index contributed by atoms with van der Waals surface area (Å²) >= 11 is 3.30. The van der Waals surface area contributed by atoms with Gasteiger partial charge in [-0.3, -0.25) is 4.99 Å². The summed E-state index contributed by atoms with van der Waals surface area (Å²) in [5, 5.41) is 9.33. The van der Waals surface area contributed by atoms with Crippen LogP contribution in [0, 0.1) is 0 Å². The molecule has 0 heterocycles. The fourth-order valence-electron chi connectivity index (χ4n) is 1.14. The predicted molar refractivity (Wildman–Crippen MR) is 67.3 cm³/mol. The number of phenolic OH excluding ortho intramolecular Hbond substituents is 1. The molecular weight excluding hydrogens is 278 g/mol. The normalized spacial score (nSPS) is 9.93. The topological polar surface area (TPSA) is 84.6 Å². The highest BCUT2D eigenvalue weighted by molar-refractivity contribution is 9.50. The maximum atomic E-state index is 9.33. The molecule has 0 amide bonds. The van der Waals surface area contributed by atoms with E-state index in [1.165, 1.54) is 10.2 Å². The molecule has 0 aliphatic carbocycles. The lowest BCUT2D eigenvalue weighted by Gasteiger charge is -2.05. The van der Waals surface area contributed by atoms with Gasteiger partial charge in [0.1, 0.15) is 5.75 Å². The molecule has 0 bridgehead atoms. The fourth-order valence-corrected chi connectivity index (χ4v) is 2.47. The summed E-state index contributed by atoms with van der Waals surface area (Å²) in [6.07, 6.45) is 0.695. The molecule has 4 nitrogen and oxygen atoms in total. The molecule has 0 saturated heterocycles. The molecular formula is C9H12BrN3OS. The molecule has 1 rings (SSSR count). The third-order valence-corrected chi connectivity index (χ3v) is 3.41. The van der Waals surface area contributed by atoms with Gasteiger partial charge in [0.15, 0.2) is 5.96 Å². The fraction of sp³-hybridized carbons (Fsp3) is 0.222. The Morgan fingerprint density at radius 3 is 2.80 bits per heavy atom. The number of rotatable bonds is 4. The Balaban J connectivity index is 2.74. The summed E-state index contributed by atoms with van der Waals surface area (Å²) in [6.45, 7) is 0.520. The largest absolute Gasteiger partial charge is 0.508 e. The molecule has 1 aromatic rings. The van der Waals surface area contributed by atoms with Crippen molar-refractivity contribution in [3.8, 4) is 5.75 Å². The van der Waals surface area contributed by atoms with E-state index in [1.807, 2.05) is 6.07 Å². The third kappa shape index (κ3) is 4.01. The predicted octanol–water partition coefficient (Wildman–Crippen LogP) is 1.61. The van der Waals surface area contributed by atoms with Crippen molar-refractivity contribution in [3.05, 3.63) is 23.8 Å². The third-order valence-electron chi connectivity index (χ3n) is 1.80. The molecule has 82 valence electrons. The average molecular weight is 290 g/mol. The van der Waals surface area contributed by atoms with Gasteiger partial charge in [0.2, 0.25) is 0 Å². The highest BCUT2D eigenvalue weighted by Gasteiger charge is 2.03. The molecule has 0 aromatic heterocycles. The highest BCUT2D eigenvalue weighted by atomic mass is 79.9. The summed E-state index contributed by atoms with van der Waals surface area (Å²) < 4.78 is 0. The van der Waals surface area contributed by atoms with E-state index in [4.69, 9.17) is 11.5 Å². The van der Waals surface area contributed by atoms with Crippen molar-refractivity contribution < 1.29 is 5.11 Å².